The largest absolute Gasteiger partial charge is 0.476 e. The van der Waals surface area contributed by atoms with Gasteiger partial charge in [-0.05, 0) is 6.07 Å². The van der Waals surface area contributed by atoms with Gasteiger partial charge in [0, 0.05) is 6.07 Å². The van der Waals surface area contributed by atoms with Crippen molar-refractivity contribution in [1.29, 1.82) is 5.26 Å². The van der Waals surface area contributed by atoms with Crippen molar-refractivity contribution in [3.05, 3.63) is 28.2 Å². The second-order valence-electron chi connectivity index (χ2n) is 2.18. The van der Waals surface area contributed by atoms with Gasteiger partial charge in [0.1, 0.15) is 6.54 Å². The van der Waals surface area contributed by atoms with E-state index in [1.807, 2.05) is 0 Å². The molecule has 1 heterocycles. The lowest BCUT2D eigenvalue weighted by Gasteiger charge is -1.98. The highest BCUT2D eigenvalue weighted by Gasteiger charge is 2.06. The fraction of sp³-hybridized carbons (Fsp3) is 0.143. The third-order valence-electron chi connectivity index (χ3n) is 1.31. The molecule has 0 unspecified atom stereocenters. The quantitative estimate of drug-likeness (QED) is 0.657. The van der Waals surface area contributed by atoms with E-state index < -0.39 is 11.5 Å². The number of carboxylic acids is 1. The van der Waals surface area contributed by atoms with Crippen LogP contribution in [0.15, 0.2) is 16.9 Å². The first kappa shape index (κ1) is 8.93. The number of carbonyl (C=O) groups is 1. The molecule has 0 atom stereocenters. The molecule has 0 radical (unpaired) electrons. The van der Waals surface area contributed by atoms with Crippen molar-refractivity contribution in [2.24, 2.45) is 0 Å². The Morgan fingerprint density at radius 1 is 1.69 bits per heavy atom. The maximum atomic E-state index is 10.9. The maximum Gasteiger partial charge on any atom is 0.356 e. The van der Waals surface area contributed by atoms with Gasteiger partial charge in [-0.1, -0.05) is 0 Å². The summed E-state index contributed by atoms with van der Waals surface area (Å²) in [5, 5.41) is 20.2. The second kappa shape index (κ2) is 3.49. The molecule has 0 saturated heterocycles. The van der Waals surface area contributed by atoms with Crippen molar-refractivity contribution in [2.75, 3.05) is 0 Å². The van der Waals surface area contributed by atoms with Crippen molar-refractivity contribution < 1.29 is 9.90 Å². The molecule has 1 aromatic rings. The summed E-state index contributed by atoms with van der Waals surface area (Å²) in [5.74, 6) is -1.23. The molecule has 0 aliphatic rings. The summed E-state index contributed by atoms with van der Waals surface area (Å²) in [4.78, 5) is 21.3. The van der Waals surface area contributed by atoms with Gasteiger partial charge in [0.15, 0.2) is 5.69 Å². The van der Waals surface area contributed by atoms with Crippen LogP contribution in [0.2, 0.25) is 0 Å². The lowest BCUT2D eigenvalue weighted by atomic mass is 10.4. The number of hydrogen-bond acceptors (Lipinski definition) is 4. The lowest BCUT2D eigenvalue weighted by Crippen LogP contribution is -2.23. The van der Waals surface area contributed by atoms with Gasteiger partial charge in [0.25, 0.3) is 5.56 Å². The van der Waals surface area contributed by atoms with Crippen LogP contribution in [-0.2, 0) is 6.54 Å². The molecule has 1 N–H and O–H groups in total. The molecule has 66 valence electrons. The van der Waals surface area contributed by atoms with Crippen molar-refractivity contribution in [1.82, 2.24) is 9.78 Å². The SMILES string of the molecule is N#CCn1nc(C(=O)O)ccc1=O. The number of rotatable bonds is 2. The van der Waals surface area contributed by atoms with Crippen molar-refractivity contribution >= 4 is 5.97 Å². The summed E-state index contributed by atoms with van der Waals surface area (Å²) < 4.78 is 0.795. The van der Waals surface area contributed by atoms with Gasteiger partial charge >= 0.3 is 5.97 Å². The van der Waals surface area contributed by atoms with Gasteiger partial charge < -0.3 is 5.11 Å². The van der Waals surface area contributed by atoms with E-state index in [9.17, 15) is 9.59 Å². The van der Waals surface area contributed by atoms with E-state index in [-0.39, 0.29) is 12.2 Å². The van der Waals surface area contributed by atoms with Crippen molar-refractivity contribution in [2.45, 2.75) is 6.54 Å². The van der Waals surface area contributed by atoms with Gasteiger partial charge in [0.05, 0.1) is 6.07 Å². The van der Waals surface area contributed by atoms with Crippen LogP contribution < -0.4 is 5.56 Å². The van der Waals surface area contributed by atoms with Crippen molar-refractivity contribution in [3.63, 3.8) is 0 Å². The molecule has 0 aliphatic heterocycles. The normalized spacial score (nSPS) is 9.15. The average Bonchev–Trinajstić information content (AvgIpc) is 2.08. The average molecular weight is 179 g/mol. The molecule has 0 spiro atoms. The molecular formula is C7H5N3O3. The van der Waals surface area contributed by atoms with Crippen LogP contribution >= 0.6 is 0 Å². The molecular weight excluding hydrogens is 174 g/mol. The van der Waals surface area contributed by atoms with Crippen LogP contribution in [0.25, 0.3) is 0 Å². The van der Waals surface area contributed by atoms with E-state index in [0.717, 1.165) is 16.8 Å². The Hall–Kier alpha value is -2.16. The molecule has 1 aromatic heterocycles. The van der Waals surface area contributed by atoms with Gasteiger partial charge in [-0.15, -0.1) is 0 Å². The number of hydrogen-bond donors (Lipinski definition) is 1. The Morgan fingerprint density at radius 3 is 2.92 bits per heavy atom. The first-order chi connectivity index (χ1) is 6.15. The third kappa shape index (κ3) is 1.90. The monoisotopic (exact) mass is 179 g/mol. The summed E-state index contributed by atoms with van der Waals surface area (Å²) in [5.41, 5.74) is -0.749. The first-order valence-corrected chi connectivity index (χ1v) is 3.33. The minimum Gasteiger partial charge on any atom is -0.476 e. The van der Waals surface area contributed by atoms with E-state index in [1.54, 1.807) is 6.07 Å². The topological polar surface area (TPSA) is 96.0 Å². The smallest absolute Gasteiger partial charge is 0.356 e. The fourth-order valence-electron chi connectivity index (χ4n) is 0.743. The zero-order valence-electron chi connectivity index (χ0n) is 6.47. The molecule has 0 aliphatic carbocycles. The number of nitrogens with zero attached hydrogens (tertiary/aromatic N) is 3. The Labute approximate surface area is 72.7 Å². The van der Waals surface area contributed by atoms with E-state index in [0.29, 0.717) is 0 Å². The van der Waals surface area contributed by atoms with Crippen LogP contribution in [0, 0.1) is 11.3 Å². The minimum atomic E-state index is -1.23. The van der Waals surface area contributed by atoms with E-state index in [1.165, 1.54) is 0 Å². The number of nitriles is 1. The van der Waals surface area contributed by atoms with E-state index in [2.05, 4.69) is 5.10 Å². The molecule has 6 heteroatoms. The zero-order valence-corrected chi connectivity index (χ0v) is 6.47. The highest BCUT2D eigenvalue weighted by molar-refractivity contribution is 5.84. The Balaban J connectivity index is 3.20. The summed E-state index contributed by atoms with van der Waals surface area (Å²) in [6, 6.07) is 3.86. The molecule has 13 heavy (non-hydrogen) atoms. The number of aromatic carboxylic acids is 1. The molecule has 0 fully saturated rings. The van der Waals surface area contributed by atoms with Crippen LogP contribution in [0.4, 0.5) is 0 Å². The minimum absolute atomic E-state index is 0.250. The van der Waals surface area contributed by atoms with Crippen LogP contribution in [0.3, 0.4) is 0 Å². The maximum absolute atomic E-state index is 10.9. The van der Waals surface area contributed by atoms with Crippen LogP contribution in [0.5, 0.6) is 0 Å². The predicted molar refractivity (Wildman–Crippen MR) is 41.1 cm³/mol. The van der Waals surface area contributed by atoms with Crippen molar-refractivity contribution in [3.8, 4) is 6.07 Å². The van der Waals surface area contributed by atoms with E-state index in [4.69, 9.17) is 10.4 Å². The summed E-state index contributed by atoms with van der Waals surface area (Å²) in [6.07, 6.45) is 0. The molecule has 1 rings (SSSR count). The van der Waals surface area contributed by atoms with Gasteiger partial charge in [-0.3, -0.25) is 4.79 Å². The number of aromatic nitrogens is 2. The third-order valence-corrected chi connectivity index (χ3v) is 1.31. The second-order valence-corrected chi connectivity index (χ2v) is 2.18. The highest BCUT2D eigenvalue weighted by Crippen LogP contribution is 1.89. The summed E-state index contributed by atoms with van der Waals surface area (Å²) in [6.45, 7) is -0.250. The zero-order chi connectivity index (χ0) is 9.84. The van der Waals surface area contributed by atoms with Gasteiger partial charge in [-0.2, -0.15) is 10.4 Å². The summed E-state index contributed by atoms with van der Waals surface area (Å²) >= 11 is 0. The first-order valence-electron chi connectivity index (χ1n) is 3.33. The number of carboxylic acid groups (broad SMARTS) is 1. The highest BCUT2D eigenvalue weighted by atomic mass is 16.4. The predicted octanol–water partition coefficient (Wildman–Crippen LogP) is -0.535. The molecule has 0 saturated carbocycles. The summed E-state index contributed by atoms with van der Waals surface area (Å²) in [7, 11) is 0. The Bertz CT molecular complexity index is 429. The van der Waals surface area contributed by atoms with Gasteiger partial charge in [0.2, 0.25) is 0 Å². The molecule has 0 amide bonds. The molecule has 6 nitrogen and oxygen atoms in total. The van der Waals surface area contributed by atoms with Crippen LogP contribution in [-0.4, -0.2) is 20.9 Å². The van der Waals surface area contributed by atoms with E-state index >= 15 is 0 Å². The van der Waals surface area contributed by atoms with Gasteiger partial charge in [-0.25, -0.2) is 9.48 Å². The Morgan fingerprint density at radius 2 is 2.38 bits per heavy atom. The standard InChI is InChI=1S/C7H5N3O3/c8-3-4-10-6(11)2-1-5(9-10)7(12)13/h1-2H,4H2,(H,12,13). The fourth-order valence-corrected chi connectivity index (χ4v) is 0.743. The lowest BCUT2D eigenvalue weighted by molar-refractivity contribution is 0.0687. The van der Waals surface area contributed by atoms with Crippen LogP contribution in [0.1, 0.15) is 10.5 Å². The molecule has 0 bridgehead atoms. The molecule has 0 aromatic carbocycles. The Kier molecular flexibility index (Phi) is 2.40.